The lowest BCUT2D eigenvalue weighted by Gasteiger charge is -2.30. The maximum absolute atomic E-state index is 13.4. The van der Waals surface area contributed by atoms with Crippen LogP contribution in [0.25, 0.3) is 0 Å². The Hall–Kier alpha value is -2.25. The van der Waals surface area contributed by atoms with Crippen molar-refractivity contribution in [3.63, 3.8) is 0 Å². The molecule has 7 heteroatoms. The van der Waals surface area contributed by atoms with Gasteiger partial charge >= 0.3 is 0 Å². The van der Waals surface area contributed by atoms with Gasteiger partial charge in [0, 0.05) is 37.7 Å². The van der Waals surface area contributed by atoms with E-state index in [-0.39, 0.29) is 5.91 Å². The summed E-state index contributed by atoms with van der Waals surface area (Å²) >= 11 is 0. The number of rotatable bonds is 4. The summed E-state index contributed by atoms with van der Waals surface area (Å²) in [5, 5.41) is 12.4. The van der Waals surface area contributed by atoms with Crippen LogP contribution in [0, 0.1) is 0 Å². The maximum atomic E-state index is 13.4. The summed E-state index contributed by atoms with van der Waals surface area (Å²) in [6, 6.07) is 8.10. The Morgan fingerprint density at radius 3 is 2.76 bits per heavy atom. The molecule has 1 atom stereocenters. The van der Waals surface area contributed by atoms with Crippen molar-refractivity contribution in [1.29, 1.82) is 0 Å². The van der Waals surface area contributed by atoms with E-state index in [0.29, 0.717) is 12.5 Å². The second kappa shape index (κ2) is 8.24. The zero-order chi connectivity index (χ0) is 19.6. The third-order valence-corrected chi connectivity index (χ3v) is 6.57. The number of aromatic nitrogens is 3. The molecular weight excluding hydrogens is 364 g/mol. The van der Waals surface area contributed by atoms with Crippen molar-refractivity contribution < 1.29 is 4.79 Å². The number of likely N-dealkylation sites (tertiary alicyclic amines) is 1. The summed E-state index contributed by atoms with van der Waals surface area (Å²) in [6.07, 6.45) is 4.87. The van der Waals surface area contributed by atoms with E-state index in [1.807, 2.05) is 23.1 Å². The Balaban J connectivity index is 1.32. The lowest BCUT2D eigenvalue weighted by atomic mass is 9.98. The van der Waals surface area contributed by atoms with Crippen LogP contribution in [0.5, 0.6) is 0 Å². The number of amides is 1. The molecule has 1 amide bonds. The highest BCUT2D eigenvalue weighted by Gasteiger charge is 2.29. The molecule has 4 heterocycles. The molecule has 154 valence electrons. The molecule has 0 aliphatic carbocycles. The Morgan fingerprint density at radius 1 is 1.07 bits per heavy atom. The monoisotopic (exact) mass is 394 g/mol. The van der Waals surface area contributed by atoms with Gasteiger partial charge in [-0.25, -0.2) is 0 Å². The van der Waals surface area contributed by atoms with Crippen LogP contribution in [-0.2, 0) is 19.6 Å². The quantitative estimate of drug-likeness (QED) is 0.859. The van der Waals surface area contributed by atoms with Gasteiger partial charge in [-0.1, -0.05) is 18.2 Å². The zero-order valence-corrected chi connectivity index (χ0v) is 17.0. The Bertz CT molecular complexity index is 866. The molecule has 1 N–H and O–H groups in total. The van der Waals surface area contributed by atoms with Crippen molar-refractivity contribution in [1.82, 2.24) is 29.9 Å². The fourth-order valence-electron chi connectivity index (χ4n) is 4.95. The molecule has 0 radical (unpaired) electrons. The average molecular weight is 395 g/mol. The maximum Gasteiger partial charge on any atom is 0.254 e. The Morgan fingerprint density at radius 2 is 1.93 bits per heavy atom. The third kappa shape index (κ3) is 3.81. The van der Waals surface area contributed by atoms with Crippen molar-refractivity contribution in [2.45, 2.75) is 51.2 Å². The smallest absolute Gasteiger partial charge is 0.254 e. The highest BCUT2D eigenvalue weighted by molar-refractivity contribution is 5.95. The van der Waals surface area contributed by atoms with Crippen molar-refractivity contribution >= 4 is 5.91 Å². The number of carbonyl (C=O) groups is 1. The third-order valence-electron chi connectivity index (χ3n) is 6.57. The van der Waals surface area contributed by atoms with Crippen LogP contribution >= 0.6 is 0 Å². The van der Waals surface area contributed by atoms with Crippen LogP contribution in [0.15, 0.2) is 24.3 Å². The normalized spacial score (nSPS) is 22.6. The number of fused-ring (bicyclic) bond motifs is 1. The molecule has 0 bridgehead atoms. The van der Waals surface area contributed by atoms with Gasteiger partial charge in [0.1, 0.15) is 5.82 Å². The molecule has 0 saturated carbocycles. The molecule has 2 saturated heterocycles. The van der Waals surface area contributed by atoms with E-state index in [1.165, 1.54) is 19.3 Å². The number of nitrogens with zero attached hydrogens (tertiary/aromatic N) is 5. The lowest BCUT2D eigenvalue weighted by Crippen LogP contribution is -2.40. The van der Waals surface area contributed by atoms with E-state index >= 15 is 0 Å². The SMILES string of the molecule is O=C(c1ccccc1CN1CCCC1)N1CCn2c(nnc2C2CCCNC2)C1. The molecule has 2 aromatic rings. The molecular formula is C22H30N6O. The molecule has 1 unspecified atom stereocenters. The largest absolute Gasteiger partial charge is 0.329 e. The van der Waals surface area contributed by atoms with Crippen molar-refractivity contribution in [2.75, 3.05) is 32.7 Å². The van der Waals surface area contributed by atoms with Crippen molar-refractivity contribution in [3.05, 3.63) is 47.0 Å². The molecule has 0 spiro atoms. The van der Waals surface area contributed by atoms with Crippen LogP contribution in [0.4, 0.5) is 0 Å². The summed E-state index contributed by atoms with van der Waals surface area (Å²) in [4.78, 5) is 17.7. The van der Waals surface area contributed by atoms with E-state index in [9.17, 15) is 4.79 Å². The first-order valence-corrected chi connectivity index (χ1v) is 11.0. The number of carbonyl (C=O) groups excluding carboxylic acids is 1. The lowest BCUT2D eigenvalue weighted by molar-refractivity contribution is 0.0703. The van der Waals surface area contributed by atoms with E-state index in [1.54, 1.807) is 0 Å². The Kier molecular flexibility index (Phi) is 5.33. The van der Waals surface area contributed by atoms with Crippen LogP contribution in [-0.4, -0.2) is 63.2 Å². The topological polar surface area (TPSA) is 66.3 Å². The molecule has 5 rings (SSSR count). The summed E-state index contributed by atoms with van der Waals surface area (Å²) in [5.41, 5.74) is 1.98. The summed E-state index contributed by atoms with van der Waals surface area (Å²) in [5.74, 6) is 2.57. The minimum Gasteiger partial charge on any atom is -0.329 e. The van der Waals surface area contributed by atoms with Gasteiger partial charge in [-0.15, -0.1) is 10.2 Å². The highest BCUT2D eigenvalue weighted by Crippen LogP contribution is 2.25. The molecule has 3 aliphatic heterocycles. The predicted octanol–water partition coefficient (Wildman–Crippen LogP) is 2.00. The van der Waals surface area contributed by atoms with Gasteiger partial charge in [0.25, 0.3) is 5.91 Å². The second-order valence-corrected chi connectivity index (χ2v) is 8.54. The molecule has 2 fully saturated rings. The van der Waals surface area contributed by atoms with Crippen molar-refractivity contribution in [2.24, 2.45) is 0 Å². The first-order chi connectivity index (χ1) is 14.3. The van der Waals surface area contributed by atoms with E-state index in [4.69, 9.17) is 0 Å². The van der Waals surface area contributed by atoms with Crippen LogP contribution in [0.1, 0.15) is 59.2 Å². The van der Waals surface area contributed by atoms with E-state index in [0.717, 1.165) is 75.0 Å². The van der Waals surface area contributed by atoms with Crippen molar-refractivity contribution in [3.8, 4) is 0 Å². The fourth-order valence-corrected chi connectivity index (χ4v) is 4.95. The minimum atomic E-state index is 0.120. The predicted molar refractivity (Wildman–Crippen MR) is 111 cm³/mol. The first kappa shape index (κ1) is 18.8. The standard InChI is InChI=1S/C22H30N6O/c29-22(19-8-2-1-6-18(19)15-26-10-3-4-11-26)27-12-13-28-20(16-27)24-25-21(28)17-7-5-9-23-14-17/h1-2,6,8,17,23H,3-5,7,9-16H2. The number of hydrogen-bond acceptors (Lipinski definition) is 5. The summed E-state index contributed by atoms with van der Waals surface area (Å²) in [6.45, 7) is 7.25. The van der Waals surface area contributed by atoms with E-state index in [2.05, 4.69) is 31.0 Å². The zero-order valence-electron chi connectivity index (χ0n) is 17.0. The molecule has 29 heavy (non-hydrogen) atoms. The van der Waals surface area contributed by atoms with Crippen LogP contribution in [0.3, 0.4) is 0 Å². The van der Waals surface area contributed by atoms with Crippen LogP contribution in [0.2, 0.25) is 0 Å². The summed E-state index contributed by atoms with van der Waals surface area (Å²) < 4.78 is 2.25. The fraction of sp³-hybridized carbons (Fsp3) is 0.591. The number of piperidine rings is 1. The highest BCUT2D eigenvalue weighted by atomic mass is 16.2. The first-order valence-electron chi connectivity index (χ1n) is 11.0. The van der Waals surface area contributed by atoms with Gasteiger partial charge in [-0.3, -0.25) is 9.69 Å². The van der Waals surface area contributed by atoms with Gasteiger partial charge in [-0.05, 0) is 56.9 Å². The number of benzene rings is 1. The van der Waals surface area contributed by atoms with Gasteiger partial charge in [0.05, 0.1) is 6.54 Å². The molecule has 1 aromatic heterocycles. The van der Waals surface area contributed by atoms with Crippen LogP contribution < -0.4 is 5.32 Å². The van der Waals surface area contributed by atoms with Gasteiger partial charge in [0.2, 0.25) is 0 Å². The number of hydrogen-bond donors (Lipinski definition) is 1. The van der Waals surface area contributed by atoms with Gasteiger partial charge < -0.3 is 14.8 Å². The molecule has 1 aromatic carbocycles. The minimum absolute atomic E-state index is 0.120. The second-order valence-electron chi connectivity index (χ2n) is 8.54. The van der Waals surface area contributed by atoms with Gasteiger partial charge in [0.15, 0.2) is 5.82 Å². The van der Waals surface area contributed by atoms with E-state index < -0.39 is 0 Å². The average Bonchev–Trinajstić information content (AvgIpc) is 3.43. The molecule has 7 nitrogen and oxygen atoms in total. The number of nitrogens with one attached hydrogen (secondary N) is 1. The Labute approximate surface area is 172 Å². The summed E-state index contributed by atoms with van der Waals surface area (Å²) in [7, 11) is 0. The molecule has 3 aliphatic rings. The van der Waals surface area contributed by atoms with Gasteiger partial charge in [-0.2, -0.15) is 0 Å².